The number of rotatable bonds is 10. The van der Waals surface area contributed by atoms with Crippen molar-refractivity contribution in [3.63, 3.8) is 0 Å². The molecule has 1 heterocycles. The first-order valence-electron chi connectivity index (χ1n) is 7.88. The minimum Gasteiger partial charge on any atom is -0.465 e. The van der Waals surface area contributed by atoms with E-state index in [4.69, 9.17) is 9.47 Å². The highest BCUT2D eigenvalue weighted by Gasteiger charge is 2.55. The van der Waals surface area contributed by atoms with E-state index in [2.05, 4.69) is 6.92 Å². The molecule has 1 atom stereocenters. The molecule has 0 aromatic rings. The van der Waals surface area contributed by atoms with Gasteiger partial charge in [-0.2, -0.15) is 0 Å². The van der Waals surface area contributed by atoms with Crippen LogP contribution >= 0.6 is 0 Å². The van der Waals surface area contributed by atoms with Crippen LogP contribution in [0.1, 0.15) is 72.1 Å². The van der Waals surface area contributed by atoms with Crippen LogP contribution < -0.4 is 0 Å². The second kappa shape index (κ2) is 8.28. The number of cyclic esters (lactones) is 1. The molecule has 1 aliphatic heterocycles. The van der Waals surface area contributed by atoms with Crippen molar-refractivity contribution >= 4 is 11.9 Å². The number of esters is 2. The molecule has 0 spiro atoms. The highest BCUT2D eigenvalue weighted by molar-refractivity contribution is 6.00. The smallest absolute Gasteiger partial charge is 0.325 e. The minimum absolute atomic E-state index is 0.410. The van der Waals surface area contributed by atoms with E-state index in [1.54, 1.807) is 13.8 Å². The van der Waals surface area contributed by atoms with E-state index in [0.29, 0.717) is 6.61 Å². The Bertz CT molecular complexity index is 322. The van der Waals surface area contributed by atoms with Crippen LogP contribution in [0.4, 0.5) is 0 Å². The van der Waals surface area contributed by atoms with Crippen molar-refractivity contribution in [1.82, 2.24) is 0 Å². The van der Waals surface area contributed by atoms with Gasteiger partial charge in [0.05, 0.1) is 6.61 Å². The highest BCUT2D eigenvalue weighted by atomic mass is 16.6. The number of unbranched alkanes of at least 4 members (excludes halogenated alkanes) is 7. The first-order valence-corrected chi connectivity index (χ1v) is 7.88. The molecule has 0 saturated carbocycles. The van der Waals surface area contributed by atoms with Crippen molar-refractivity contribution in [2.45, 2.75) is 77.7 Å². The van der Waals surface area contributed by atoms with Crippen molar-refractivity contribution in [2.24, 2.45) is 5.92 Å². The molecule has 1 saturated heterocycles. The first-order chi connectivity index (χ1) is 9.49. The fourth-order valence-electron chi connectivity index (χ4n) is 2.47. The molecule has 1 rings (SSSR count). The Morgan fingerprint density at radius 1 is 1.10 bits per heavy atom. The van der Waals surface area contributed by atoms with E-state index in [0.717, 1.165) is 12.8 Å². The number of hydrogen-bond donors (Lipinski definition) is 0. The van der Waals surface area contributed by atoms with Gasteiger partial charge in [-0.3, -0.25) is 9.59 Å². The van der Waals surface area contributed by atoms with Crippen LogP contribution in [0.5, 0.6) is 0 Å². The van der Waals surface area contributed by atoms with E-state index in [1.807, 2.05) is 0 Å². The molecule has 0 bridgehead atoms. The Kier molecular flexibility index (Phi) is 7.03. The van der Waals surface area contributed by atoms with Crippen LogP contribution in [0.15, 0.2) is 0 Å². The van der Waals surface area contributed by atoms with Gasteiger partial charge in [-0.05, 0) is 20.3 Å². The van der Waals surface area contributed by atoms with Gasteiger partial charge in [0.15, 0.2) is 5.92 Å². The molecule has 116 valence electrons. The molecule has 0 amide bonds. The predicted molar refractivity (Wildman–Crippen MR) is 77.2 cm³/mol. The average Bonchev–Trinajstić information content (AvgIpc) is 2.35. The zero-order chi connectivity index (χ0) is 15.0. The molecule has 4 heteroatoms. The van der Waals surface area contributed by atoms with E-state index in [1.165, 1.54) is 38.5 Å². The zero-order valence-electron chi connectivity index (χ0n) is 13.1. The summed E-state index contributed by atoms with van der Waals surface area (Å²) in [6, 6.07) is 0. The van der Waals surface area contributed by atoms with E-state index in [9.17, 15) is 9.59 Å². The summed E-state index contributed by atoms with van der Waals surface area (Å²) < 4.78 is 10.1. The number of carbonyl (C=O) groups excluding carboxylic acids is 2. The fourth-order valence-corrected chi connectivity index (χ4v) is 2.47. The molecular formula is C16H28O4. The van der Waals surface area contributed by atoms with Gasteiger partial charge in [-0.25, -0.2) is 0 Å². The lowest BCUT2D eigenvalue weighted by Gasteiger charge is -2.40. The quantitative estimate of drug-likeness (QED) is 0.349. The second-order valence-corrected chi connectivity index (χ2v) is 6.10. The summed E-state index contributed by atoms with van der Waals surface area (Å²) in [4.78, 5) is 23.0. The number of hydrogen-bond acceptors (Lipinski definition) is 4. The van der Waals surface area contributed by atoms with Gasteiger partial charge in [-0.1, -0.05) is 51.9 Å². The summed E-state index contributed by atoms with van der Waals surface area (Å²) in [5, 5.41) is 0. The van der Waals surface area contributed by atoms with Crippen LogP contribution in [-0.2, 0) is 19.1 Å². The Balaban J connectivity index is 1.99. The third-order valence-electron chi connectivity index (χ3n) is 3.77. The Hall–Kier alpha value is -1.06. The maximum Gasteiger partial charge on any atom is 0.325 e. The summed E-state index contributed by atoms with van der Waals surface area (Å²) in [6.45, 7) is 6.09. The van der Waals surface area contributed by atoms with Gasteiger partial charge in [0.2, 0.25) is 0 Å². The summed E-state index contributed by atoms with van der Waals surface area (Å²) >= 11 is 0. The van der Waals surface area contributed by atoms with Crippen molar-refractivity contribution < 1.29 is 19.1 Å². The standard InChI is InChI=1S/C16H28O4/c1-4-5-6-7-8-9-10-11-12-19-14(17)13-15(18)20-16(13,2)3/h13H,4-12H2,1-3H3/t13-/m1/s1. The fraction of sp³-hybridized carbons (Fsp3) is 0.875. The van der Waals surface area contributed by atoms with E-state index < -0.39 is 23.5 Å². The largest absolute Gasteiger partial charge is 0.465 e. The molecule has 0 aromatic carbocycles. The summed E-state index contributed by atoms with van der Waals surface area (Å²) in [7, 11) is 0. The average molecular weight is 284 g/mol. The van der Waals surface area contributed by atoms with Crippen molar-refractivity contribution in [3.05, 3.63) is 0 Å². The van der Waals surface area contributed by atoms with Gasteiger partial charge in [0, 0.05) is 0 Å². The Morgan fingerprint density at radius 2 is 1.65 bits per heavy atom. The van der Waals surface area contributed by atoms with Gasteiger partial charge in [-0.15, -0.1) is 0 Å². The van der Waals surface area contributed by atoms with Gasteiger partial charge in [0.1, 0.15) is 5.60 Å². The highest BCUT2D eigenvalue weighted by Crippen LogP contribution is 2.34. The maximum absolute atomic E-state index is 11.7. The summed E-state index contributed by atoms with van der Waals surface area (Å²) in [5.41, 5.74) is -0.701. The number of ether oxygens (including phenoxy) is 2. The lowest BCUT2D eigenvalue weighted by molar-refractivity contribution is -0.212. The van der Waals surface area contributed by atoms with Gasteiger partial charge in [0.25, 0.3) is 0 Å². The molecule has 1 fully saturated rings. The van der Waals surface area contributed by atoms with Crippen molar-refractivity contribution in [3.8, 4) is 0 Å². The maximum atomic E-state index is 11.7. The third kappa shape index (κ3) is 5.14. The Morgan fingerprint density at radius 3 is 2.15 bits per heavy atom. The van der Waals surface area contributed by atoms with Crippen molar-refractivity contribution in [1.29, 1.82) is 0 Å². The molecule has 0 aromatic heterocycles. The third-order valence-corrected chi connectivity index (χ3v) is 3.77. The van der Waals surface area contributed by atoms with Crippen LogP contribution in [0.25, 0.3) is 0 Å². The molecule has 0 N–H and O–H groups in total. The normalized spacial score (nSPS) is 20.1. The summed E-state index contributed by atoms with van der Waals surface area (Å²) in [5.74, 6) is -1.64. The zero-order valence-corrected chi connectivity index (χ0v) is 13.1. The summed E-state index contributed by atoms with van der Waals surface area (Å²) in [6.07, 6.45) is 9.63. The van der Waals surface area contributed by atoms with E-state index in [-0.39, 0.29) is 0 Å². The van der Waals surface area contributed by atoms with Crippen LogP contribution in [0.2, 0.25) is 0 Å². The van der Waals surface area contributed by atoms with Gasteiger partial charge >= 0.3 is 11.9 Å². The number of carbonyl (C=O) groups is 2. The molecule has 4 nitrogen and oxygen atoms in total. The van der Waals surface area contributed by atoms with Gasteiger partial charge < -0.3 is 9.47 Å². The molecule has 0 aliphatic carbocycles. The SMILES string of the molecule is CCCCCCCCCCOC(=O)[C@@H]1C(=O)OC1(C)C. The lowest BCUT2D eigenvalue weighted by atomic mass is 9.85. The first kappa shape index (κ1) is 17.0. The monoisotopic (exact) mass is 284 g/mol. The molecular weight excluding hydrogens is 256 g/mol. The lowest BCUT2D eigenvalue weighted by Crippen LogP contribution is -2.57. The topological polar surface area (TPSA) is 52.6 Å². The minimum atomic E-state index is -0.739. The predicted octanol–water partition coefficient (Wildman–Crippen LogP) is 3.62. The molecule has 20 heavy (non-hydrogen) atoms. The molecule has 1 aliphatic rings. The van der Waals surface area contributed by atoms with Crippen LogP contribution in [-0.4, -0.2) is 24.1 Å². The van der Waals surface area contributed by atoms with Crippen LogP contribution in [0, 0.1) is 5.92 Å². The molecule has 0 radical (unpaired) electrons. The second-order valence-electron chi connectivity index (χ2n) is 6.10. The van der Waals surface area contributed by atoms with Crippen molar-refractivity contribution in [2.75, 3.05) is 6.61 Å². The van der Waals surface area contributed by atoms with Crippen LogP contribution in [0.3, 0.4) is 0 Å². The molecule has 0 unspecified atom stereocenters. The van der Waals surface area contributed by atoms with E-state index >= 15 is 0 Å². The Labute approximate surface area is 122 Å².